The lowest BCUT2D eigenvalue weighted by atomic mass is 10.1. The van der Waals surface area contributed by atoms with Gasteiger partial charge >= 0.3 is 0 Å². The van der Waals surface area contributed by atoms with Crippen molar-refractivity contribution in [3.63, 3.8) is 0 Å². The molecule has 1 aromatic heterocycles. The van der Waals surface area contributed by atoms with Crippen LogP contribution < -0.4 is 5.43 Å². The molecule has 4 aromatic carbocycles. The van der Waals surface area contributed by atoms with E-state index in [0.717, 1.165) is 4.90 Å². The Hall–Kier alpha value is -2.82. The maximum absolute atomic E-state index is 13.2. The van der Waals surface area contributed by atoms with Crippen molar-refractivity contribution in [2.45, 2.75) is 14.7 Å². The molecule has 29 heavy (non-hydrogen) atoms. The van der Waals surface area contributed by atoms with Gasteiger partial charge in [0.2, 0.25) is 5.43 Å². The molecule has 0 saturated carbocycles. The van der Waals surface area contributed by atoms with E-state index in [1.807, 2.05) is 72.8 Å². The zero-order chi connectivity index (χ0) is 19.8. The number of fused-ring (bicyclic) bond motifs is 2. The van der Waals surface area contributed by atoms with Crippen LogP contribution in [0.2, 0.25) is 0 Å². The first-order chi connectivity index (χ1) is 14.2. The highest BCUT2D eigenvalue weighted by molar-refractivity contribution is 9.58. The third-order valence-corrected chi connectivity index (χ3v) is 11.1. The second-order valence-corrected chi connectivity index (χ2v) is 12.2. The van der Waals surface area contributed by atoms with E-state index in [9.17, 15) is 4.79 Å². The lowest BCUT2D eigenvalue weighted by Crippen LogP contribution is -2.03. The van der Waals surface area contributed by atoms with Gasteiger partial charge in [-0.05, 0) is 69.4 Å². The van der Waals surface area contributed by atoms with Crippen LogP contribution in [0.1, 0.15) is 0 Å². The van der Waals surface area contributed by atoms with E-state index in [4.69, 9.17) is 4.42 Å². The number of hydrogen-bond donors (Lipinski definition) is 0. The maximum Gasteiger partial charge on any atom is 0.200 e. The molecule has 0 bridgehead atoms. The second-order valence-electron chi connectivity index (χ2n) is 6.75. The first-order valence-electron chi connectivity index (χ1n) is 9.27. The minimum Gasteiger partial charge on any atom is -0.456 e. The Labute approximate surface area is 177 Å². The second kappa shape index (κ2) is 7.21. The fraction of sp³-hybridized carbons (Fsp3) is 0. The van der Waals surface area contributed by atoms with Gasteiger partial charge in [0.15, 0.2) is 0 Å². The van der Waals surface area contributed by atoms with Crippen molar-refractivity contribution >= 4 is 45.2 Å². The van der Waals surface area contributed by atoms with Gasteiger partial charge in [-0.25, -0.2) is 0 Å². The van der Waals surface area contributed by atoms with Crippen LogP contribution in [-0.2, 0) is 0 Å². The van der Waals surface area contributed by atoms with Gasteiger partial charge in [0.1, 0.15) is 11.2 Å². The highest BCUT2D eigenvalue weighted by atomic mass is 79.9. The fourth-order valence-corrected chi connectivity index (χ4v) is 7.90. The topological polar surface area (TPSA) is 30.2 Å². The fourth-order valence-electron chi connectivity index (χ4n) is 3.58. The summed E-state index contributed by atoms with van der Waals surface area (Å²) in [6.45, 7) is 0. The van der Waals surface area contributed by atoms with Crippen LogP contribution in [0.4, 0.5) is 0 Å². The molecule has 0 atom stereocenters. The minimum absolute atomic E-state index is 0.000858. The van der Waals surface area contributed by atoms with Crippen LogP contribution >= 0.6 is 23.3 Å². The Morgan fingerprint density at radius 3 is 1.79 bits per heavy atom. The lowest BCUT2D eigenvalue weighted by Gasteiger charge is -2.35. The third-order valence-electron chi connectivity index (χ3n) is 5.01. The summed E-state index contributed by atoms with van der Waals surface area (Å²) in [5.41, 5.74) is 1.22. The van der Waals surface area contributed by atoms with Crippen molar-refractivity contribution in [1.29, 1.82) is 0 Å². The number of hydrogen-bond acceptors (Lipinski definition) is 2. The number of rotatable bonds is 3. The summed E-state index contributed by atoms with van der Waals surface area (Å²) in [6, 6.07) is 34.1. The average molecular weight is 461 g/mol. The van der Waals surface area contributed by atoms with Gasteiger partial charge in [0.05, 0.1) is 10.8 Å². The summed E-state index contributed by atoms with van der Waals surface area (Å²) >= 11 is 4.12. The zero-order valence-electron chi connectivity index (χ0n) is 15.4. The highest BCUT2D eigenvalue weighted by Crippen LogP contribution is 2.73. The molecule has 0 saturated heterocycles. The molecule has 5 aromatic rings. The SMILES string of the molecule is O=c1c2ccccc2oc2ccc(S(Br)(c3ccccc3)c3ccccc3)cc12. The molecule has 0 N–H and O–H groups in total. The van der Waals surface area contributed by atoms with Crippen molar-refractivity contribution in [1.82, 2.24) is 0 Å². The van der Waals surface area contributed by atoms with Gasteiger partial charge in [-0.15, -0.1) is 8.46 Å². The molecule has 0 radical (unpaired) electrons. The van der Waals surface area contributed by atoms with Crippen molar-refractivity contribution in [2.75, 3.05) is 0 Å². The van der Waals surface area contributed by atoms with Gasteiger partial charge in [0, 0.05) is 14.7 Å². The van der Waals surface area contributed by atoms with E-state index < -0.39 is 8.46 Å². The maximum atomic E-state index is 13.2. The van der Waals surface area contributed by atoms with E-state index >= 15 is 0 Å². The molecule has 1 heterocycles. The van der Waals surface area contributed by atoms with Crippen LogP contribution in [0.15, 0.2) is 127 Å². The molecule has 0 spiro atoms. The molecule has 4 heteroatoms. The van der Waals surface area contributed by atoms with Gasteiger partial charge in [-0.1, -0.05) is 48.5 Å². The summed E-state index contributed by atoms with van der Waals surface area (Å²) in [7, 11) is -1.70. The molecule has 0 fully saturated rings. The molecule has 0 aliphatic carbocycles. The lowest BCUT2D eigenvalue weighted by molar-refractivity contribution is 0.659. The van der Waals surface area contributed by atoms with E-state index in [2.05, 4.69) is 45.1 Å². The van der Waals surface area contributed by atoms with Crippen molar-refractivity contribution < 1.29 is 4.42 Å². The van der Waals surface area contributed by atoms with Gasteiger partial charge in [-0.2, -0.15) is 0 Å². The Morgan fingerprint density at radius 2 is 1.14 bits per heavy atom. The Kier molecular flexibility index (Phi) is 4.53. The number of benzene rings is 4. The van der Waals surface area contributed by atoms with Gasteiger partial charge in [-0.3, -0.25) is 4.79 Å². The molecule has 5 rings (SSSR count). The van der Waals surface area contributed by atoms with Crippen LogP contribution in [0.3, 0.4) is 0 Å². The van der Waals surface area contributed by atoms with Crippen molar-refractivity contribution in [3.05, 3.63) is 113 Å². The monoisotopic (exact) mass is 460 g/mol. The van der Waals surface area contributed by atoms with E-state index in [0.29, 0.717) is 21.9 Å². The molecular weight excluding hydrogens is 444 g/mol. The average Bonchev–Trinajstić information content (AvgIpc) is 2.80. The zero-order valence-corrected chi connectivity index (χ0v) is 17.8. The molecule has 0 amide bonds. The highest BCUT2D eigenvalue weighted by Gasteiger charge is 2.28. The van der Waals surface area contributed by atoms with Gasteiger partial charge < -0.3 is 4.42 Å². The number of halogens is 1. The predicted molar refractivity (Wildman–Crippen MR) is 124 cm³/mol. The summed E-state index contributed by atoms with van der Waals surface area (Å²) in [5, 5.41) is 1.20. The summed E-state index contributed by atoms with van der Waals surface area (Å²) < 4.78 is 6.00. The van der Waals surface area contributed by atoms with Crippen LogP contribution in [0.5, 0.6) is 0 Å². The Balaban J connectivity index is 1.82. The molecule has 0 aliphatic rings. The smallest absolute Gasteiger partial charge is 0.200 e. The summed E-state index contributed by atoms with van der Waals surface area (Å²) in [5.74, 6) is 0. The first kappa shape index (κ1) is 18.2. The van der Waals surface area contributed by atoms with Gasteiger partial charge in [0.25, 0.3) is 0 Å². The minimum atomic E-state index is -1.70. The van der Waals surface area contributed by atoms with Crippen LogP contribution in [0.25, 0.3) is 21.9 Å². The molecule has 0 aliphatic heterocycles. The largest absolute Gasteiger partial charge is 0.456 e. The van der Waals surface area contributed by atoms with E-state index in [1.165, 1.54) is 9.79 Å². The summed E-state index contributed by atoms with van der Waals surface area (Å²) in [6.07, 6.45) is 0. The molecule has 2 nitrogen and oxygen atoms in total. The predicted octanol–water partition coefficient (Wildman–Crippen LogP) is 7.54. The number of para-hydroxylation sites is 1. The summed E-state index contributed by atoms with van der Waals surface area (Å²) in [4.78, 5) is 16.6. The standard InChI is InChI=1S/C25H17BrO2S/c26-29(18-9-3-1-4-10-18,19-11-5-2-6-12-19)20-15-16-24-22(17-20)25(27)21-13-7-8-14-23(21)28-24/h1-17H. The normalized spacial score (nSPS) is 12.3. The third kappa shape index (κ3) is 3.00. The van der Waals surface area contributed by atoms with Crippen molar-refractivity contribution in [3.8, 4) is 0 Å². The Morgan fingerprint density at radius 1 is 0.586 bits per heavy atom. The van der Waals surface area contributed by atoms with E-state index in [1.54, 1.807) is 0 Å². The molecular formula is C25H17BrO2S. The Bertz CT molecular complexity index is 1340. The van der Waals surface area contributed by atoms with Crippen LogP contribution in [-0.4, -0.2) is 0 Å². The van der Waals surface area contributed by atoms with Crippen LogP contribution in [0, 0.1) is 0 Å². The molecule has 0 unspecified atom stereocenters. The quantitative estimate of drug-likeness (QED) is 0.260. The first-order valence-corrected chi connectivity index (χ1v) is 12.7. The van der Waals surface area contributed by atoms with E-state index in [-0.39, 0.29) is 5.43 Å². The molecule has 142 valence electrons. The van der Waals surface area contributed by atoms with Crippen molar-refractivity contribution in [2.24, 2.45) is 0 Å².